The molecule has 0 bridgehead atoms. The Kier molecular flexibility index (Phi) is 4.12. The predicted octanol–water partition coefficient (Wildman–Crippen LogP) is 5.07. The summed E-state index contributed by atoms with van der Waals surface area (Å²) in [5, 5.41) is 0. The Balaban J connectivity index is 1.66. The number of rotatable bonds is 3. The maximum atomic E-state index is 4.99. The van der Waals surface area contributed by atoms with E-state index in [9.17, 15) is 0 Å². The number of pyridine rings is 1. The van der Waals surface area contributed by atoms with E-state index in [2.05, 4.69) is 59.6 Å². The highest BCUT2D eigenvalue weighted by molar-refractivity contribution is 5.84. The summed E-state index contributed by atoms with van der Waals surface area (Å²) in [6, 6.07) is 10.7. The van der Waals surface area contributed by atoms with Gasteiger partial charge in [-0.3, -0.25) is 4.98 Å². The zero-order valence-corrected chi connectivity index (χ0v) is 17.1. The van der Waals surface area contributed by atoms with E-state index in [0.717, 1.165) is 34.9 Å². The number of para-hydroxylation sites is 1. The predicted molar refractivity (Wildman–Crippen MR) is 117 cm³/mol. The first-order chi connectivity index (χ1) is 14.1. The van der Waals surface area contributed by atoms with Gasteiger partial charge in [0.05, 0.1) is 6.20 Å². The van der Waals surface area contributed by atoms with Crippen molar-refractivity contribution in [2.24, 2.45) is 5.92 Å². The minimum atomic E-state index is 0.216. The van der Waals surface area contributed by atoms with Crippen molar-refractivity contribution in [2.45, 2.75) is 32.4 Å². The molecule has 0 amide bonds. The monoisotopic (exact) mass is 383 g/mol. The highest BCUT2D eigenvalue weighted by atomic mass is 15.4. The molecule has 0 fully saturated rings. The second-order valence-electron chi connectivity index (χ2n) is 8.04. The molecule has 29 heavy (non-hydrogen) atoms. The van der Waals surface area contributed by atoms with Crippen molar-refractivity contribution < 1.29 is 0 Å². The van der Waals surface area contributed by atoms with Crippen LogP contribution in [0.5, 0.6) is 0 Å². The normalized spacial score (nSPS) is 22.1. The Bertz CT molecular complexity index is 1090. The Morgan fingerprint density at radius 2 is 1.97 bits per heavy atom. The third-order valence-corrected chi connectivity index (χ3v) is 6.39. The first-order valence-electron chi connectivity index (χ1n) is 10.1. The van der Waals surface area contributed by atoms with Crippen LogP contribution in [0.4, 0.5) is 17.2 Å². The number of fused-ring (bicyclic) bond motifs is 5. The molecule has 3 aromatic rings. The zero-order chi connectivity index (χ0) is 20.1. The molecule has 3 unspecified atom stereocenters. The summed E-state index contributed by atoms with van der Waals surface area (Å²) in [6.45, 7) is 8.39. The van der Waals surface area contributed by atoms with Gasteiger partial charge in [-0.1, -0.05) is 31.2 Å². The van der Waals surface area contributed by atoms with Gasteiger partial charge in [0.2, 0.25) is 0 Å². The van der Waals surface area contributed by atoms with E-state index >= 15 is 0 Å². The first kappa shape index (κ1) is 17.9. The lowest BCUT2D eigenvalue weighted by atomic mass is 9.78. The number of hydrogen-bond donors (Lipinski definition) is 0. The third-order valence-electron chi connectivity index (χ3n) is 6.39. The smallest absolute Gasteiger partial charge is 0.162 e. The molecule has 1 aromatic carbocycles. The van der Waals surface area contributed by atoms with Crippen molar-refractivity contribution in [1.82, 2.24) is 15.0 Å². The summed E-state index contributed by atoms with van der Waals surface area (Å²) in [7, 11) is 2.15. The molecule has 3 atom stereocenters. The minimum absolute atomic E-state index is 0.216. The van der Waals surface area contributed by atoms with Crippen LogP contribution >= 0.6 is 0 Å². The summed E-state index contributed by atoms with van der Waals surface area (Å²) in [6.07, 6.45) is 8.86. The van der Waals surface area contributed by atoms with Gasteiger partial charge >= 0.3 is 0 Å². The van der Waals surface area contributed by atoms with E-state index in [1.165, 1.54) is 11.3 Å². The Hall–Kier alpha value is -3.21. The highest BCUT2D eigenvalue weighted by Crippen LogP contribution is 2.53. The van der Waals surface area contributed by atoms with Crippen molar-refractivity contribution in [3.63, 3.8) is 0 Å². The van der Waals surface area contributed by atoms with E-state index in [-0.39, 0.29) is 6.17 Å². The van der Waals surface area contributed by atoms with Crippen LogP contribution in [0.3, 0.4) is 0 Å². The van der Waals surface area contributed by atoms with Gasteiger partial charge in [0, 0.05) is 36.6 Å². The topological polar surface area (TPSA) is 45.2 Å². The average molecular weight is 383 g/mol. The molecule has 0 N–H and O–H groups in total. The minimum Gasteiger partial charge on any atom is -0.337 e. The standard InChI is InChI=1S/C24H25N5/c1-5-8-18-16(3)24-28(4)23-21(29(24)20-10-7-6-9-19(18)20)14-26-22(27-23)17-11-12-25-13-15(17)2/h5-7,9-14,16,18,24H,1,8H2,2-4H3. The molecule has 5 heteroatoms. The van der Waals surface area contributed by atoms with Crippen molar-refractivity contribution in [2.75, 3.05) is 16.8 Å². The van der Waals surface area contributed by atoms with Gasteiger partial charge < -0.3 is 9.80 Å². The molecule has 2 aliphatic heterocycles. The molecule has 5 nitrogen and oxygen atoms in total. The Morgan fingerprint density at radius 1 is 1.14 bits per heavy atom. The van der Waals surface area contributed by atoms with Crippen molar-refractivity contribution in [3.05, 3.63) is 72.7 Å². The van der Waals surface area contributed by atoms with Gasteiger partial charge in [0.1, 0.15) is 11.9 Å². The molecule has 2 aromatic heterocycles. The molecule has 146 valence electrons. The lowest BCUT2D eigenvalue weighted by Gasteiger charge is -2.44. The second-order valence-corrected chi connectivity index (χ2v) is 8.04. The number of benzene rings is 1. The lowest BCUT2D eigenvalue weighted by Crippen LogP contribution is -2.48. The molecule has 2 aliphatic rings. The van der Waals surface area contributed by atoms with Gasteiger partial charge in [-0.25, -0.2) is 9.97 Å². The molecule has 0 spiro atoms. The number of aromatic nitrogens is 3. The SMILES string of the molecule is C=CCC1c2ccccc2N2c3cnc(-c4ccncc4C)nc3N(C)C2C1C. The van der Waals surface area contributed by atoms with Gasteiger partial charge in [-0.15, -0.1) is 6.58 Å². The van der Waals surface area contributed by atoms with Gasteiger partial charge in [-0.05, 0) is 42.5 Å². The molecule has 0 saturated carbocycles. The van der Waals surface area contributed by atoms with Crippen molar-refractivity contribution in [1.29, 1.82) is 0 Å². The fourth-order valence-electron chi connectivity index (χ4n) is 4.98. The first-order valence-corrected chi connectivity index (χ1v) is 10.1. The summed E-state index contributed by atoms with van der Waals surface area (Å²) in [5.74, 6) is 2.60. The van der Waals surface area contributed by atoms with Gasteiger partial charge in [0.15, 0.2) is 11.6 Å². The molecule has 4 heterocycles. The maximum Gasteiger partial charge on any atom is 0.162 e. The quantitative estimate of drug-likeness (QED) is 0.591. The van der Waals surface area contributed by atoms with Crippen LogP contribution in [0.25, 0.3) is 11.4 Å². The van der Waals surface area contributed by atoms with E-state index in [1.807, 2.05) is 31.5 Å². The number of allylic oxidation sites excluding steroid dienone is 1. The van der Waals surface area contributed by atoms with Crippen LogP contribution in [0, 0.1) is 12.8 Å². The summed E-state index contributed by atoms with van der Waals surface area (Å²) < 4.78 is 0. The number of aryl methyl sites for hydroxylation is 1. The Morgan fingerprint density at radius 3 is 2.76 bits per heavy atom. The lowest BCUT2D eigenvalue weighted by molar-refractivity contribution is 0.363. The van der Waals surface area contributed by atoms with Crippen LogP contribution in [-0.4, -0.2) is 28.2 Å². The van der Waals surface area contributed by atoms with Crippen LogP contribution < -0.4 is 9.80 Å². The number of nitrogens with zero attached hydrogens (tertiary/aromatic N) is 5. The largest absolute Gasteiger partial charge is 0.337 e. The molecule has 0 radical (unpaired) electrons. The molecule has 0 saturated heterocycles. The van der Waals surface area contributed by atoms with Crippen molar-refractivity contribution in [3.8, 4) is 11.4 Å². The highest BCUT2D eigenvalue weighted by Gasteiger charge is 2.46. The molecule has 5 rings (SSSR count). The summed E-state index contributed by atoms with van der Waals surface area (Å²) >= 11 is 0. The average Bonchev–Trinajstić information content (AvgIpc) is 3.04. The van der Waals surface area contributed by atoms with Gasteiger partial charge in [-0.2, -0.15) is 0 Å². The van der Waals surface area contributed by atoms with Gasteiger partial charge in [0.25, 0.3) is 0 Å². The fourth-order valence-corrected chi connectivity index (χ4v) is 4.98. The van der Waals surface area contributed by atoms with Crippen LogP contribution in [0.2, 0.25) is 0 Å². The molecular weight excluding hydrogens is 358 g/mol. The number of anilines is 3. The summed E-state index contributed by atoms with van der Waals surface area (Å²) in [4.78, 5) is 18.7. The number of hydrogen-bond acceptors (Lipinski definition) is 5. The molecule has 0 aliphatic carbocycles. The Labute approximate surface area is 171 Å². The fraction of sp³-hybridized carbons (Fsp3) is 0.292. The van der Waals surface area contributed by atoms with Crippen LogP contribution in [0.1, 0.15) is 30.4 Å². The van der Waals surface area contributed by atoms with E-state index in [4.69, 9.17) is 9.97 Å². The zero-order valence-electron chi connectivity index (χ0n) is 17.1. The maximum absolute atomic E-state index is 4.99. The summed E-state index contributed by atoms with van der Waals surface area (Å²) in [5.41, 5.74) is 5.81. The van der Waals surface area contributed by atoms with E-state index in [0.29, 0.717) is 11.8 Å². The van der Waals surface area contributed by atoms with Crippen LogP contribution in [-0.2, 0) is 0 Å². The van der Waals surface area contributed by atoms with E-state index < -0.39 is 0 Å². The molecular formula is C24H25N5. The van der Waals surface area contributed by atoms with Crippen molar-refractivity contribution >= 4 is 17.2 Å². The van der Waals surface area contributed by atoms with E-state index in [1.54, 1.807) is 6.20 Å². The second kappa shape index (κ2) is 6.69. The van der Waals surface area contributed by atoms with Crippen LogP contribution in [0.15, 0.2) is 61.6 Å². The third kappa shape index (κ3) is 2.57.